The molecule has 110 valence electrons. The highest BCUT2D eigenvalue weighted by atomic mass is 79.9. The molecular formula is C17H19BrN2O. The van der Waals surface area contributed by atoms with Crippen LogP contribution in [0.15, 0.2) is 24.3 Å². The number of carbonyl (C=O) groups is 1. The second-order valence-corrected chi connectivity index (χ2v) is 6.27. The maximum absolute atomic E-state index is 12.1. The van der Waals surface area contributed by atoms with E-state index in [1.54, 1.807) is 0 Å². The van der Waals surface area contributed by atoms with Crippen molar-refractivity contribution in [1.82, 2.24) is 4.98 Å². The summed E-state index contributed by atoms with van der Waals surface area (Å²) in [4.78, 5) is 16.9. The summed E-state index contributed by atoms with van der Waals surface area (Å²) in [6, 6.07) is 8.09. The number of hydrogen-bond acceptors (Lipinski definition) is 2. The van der Waals surface area contributed by atoms with Gasteiger partial charge in [0.25, 0.3) is 0 Å². The van der Waals surface area contributed by atoms with Gasteiger partial charge in [-0.05, 0) is 43.7 Å². The molecular weight excluding hydrogens is 328 g/mol. The molecule has 3 rings (SSSR count). The molecule has 0 spiro atoms. The lowest BCUT2D eigenvalue weighted by molar-refractivity contribution is -0.116. The van der Waals surface area contributed by atoms with Crippen molar-refractivity contribution in [2.45, 2.75) is 38.5 Å². The summed E-state index contributed by atoms with van der Waals surface area (Å²) >= 11 is 3.37. The lowest BCUT2D eigenvalue weighted by atomic mass is 9.92. The number of para-hydroxylation sites is 1. The molecule has 0 saturated heterocycles. The number of hydrogen-bond donors (Lipinski definition) is 1. The zero-order valence-corrected chi connectivity index (χ0v) is 13.6. The number of nitrogens with one attached hydrogen (secondary N) is 1. The third-order valence-corrected chi connectivity index (χ3v) is 4.53. The number of aromatic nitrogens is 1. The molecule has 0 bridgehead atoms. The average molecular weight is 347 g/mol. The van der Waals surface area contributed by atoms with E-state index in [1.807, 2.05) is 18.2 Å². The SMILES string of the molecule is O=C(CCCBr)Nc1c2c(nc3ccccc13)CCCC2. The van der Waals surface area contributed by atoms with E-state index in [2.05, 4.69) is 27.3 Å². The van der Waals surface area contributed by atoms with Crippen LogP contribution in [0.25, 0.3) is 10.9 Å². The molecule has 21 heavy (non-hydrogen) atoms. The summed E-state index contributed by atoms with van der Waals surface area (Å²) in [6.07, 6.45) is 5.81. The minimum absolute atomic E-state index is 0.0959. The molecule has 0 radical (unpaired) electrons. The van der Waals surface area contributed by atoms with Crippen molar-refractivity contribution < 1.29 is 4.79 Å². The first kappa shape index (κ1) is 14.5. The molecule has 3 nitrogen and oxygen atoms in total. The van der Waals surface area contributed by atoms with Crippen LogP contribution in [-0.4, -0.2) is 16.2 Å². The van der Waals surface area contributed by atoms with E-state index < -0.39 is 0 Å². The number of halogens is 1. The van der Waals surface area contributed by atoms with Crippen molar-refractivity contribution in [2.24, 2.45) is 0 Å². The molecule has 1 aromatic carbocycles. The van der Waals surface area contributed by atoms with Gasteiger partial charge in [-0.25, -0.2) is 0 Å². The van der Waals surface area contributed by atoms with Crippen LogP contribution in [0.3, 0.4) is 0 Å². The average Bonchev–Trinajstić information content (AvgIpc) is 2.52. The largest absolute Gasteiger partial charge is 0.325 e. The number of fused-ring (bicyclic) bond motifs is 2. The fourth-order valence-corrected chi connectivity index (χ4v) is 3.23. The van der Waals surface area contributed by atoms with E-state index in [9.17, 15) is 4.79 Å². The molecule has 2 aromatic rings. The number of aryl methyl sites for hydroxylation is 1. The second kappa shape index (κ2) is 6.56. The minimum Gasteiger partial charge on any atom is -0.325 e. The van der Waals surface area contributed by atoms with Gasteiger partial charge in [0.15, 0.2) is 0 Å². The molecule has 4 heteroatoms. The van der Waals surface area contributed by atoms with Crippen LogP contribution in [0.1, 0.15) is 36.9 Å². The Labute approximate surface area is 133 Å². The van der Waals surface area contributed by atoms with Gasteiger partial charge in [-0.1, -0.05) is 34.1 Å². The summed E-state index contributed by atoms with van der Waals surface area (Å²) in [7, 11) is 0. The zero-order valence-electron chi connectivity index (χ0n) is 12.0. The minimum atomic E-state index is 0.0959. The Hall–Kier alpha value is -1.42. The Kier molecular flexibility index (Phi) is 4.54. The van der Waals surface area contributed by atoms with Gasteiger partial charge in [0.2, 0.25) is 5.91 Å². The van der Waals surface area contributed by atoms with E-state index in [-0.39, 0.29) is 5.91 Å². The van der Waals surface area contributed by atoms with E-state index in [0.29, 0.717) is 6.42 Å². The highest BCUT2D eigenvalue weighted by Gasteiger charge is 2.19. The van der Waals surface area contributed by atoms with Crippen molar-refractivity contribution in [3.8, 4) is 0 Å². The van der Waals surface area contributed by atoms with Crippen LogP contribution in [0.2, 0.25) is 0 Å². The first-order valence-corrected chi connectivity index (χ1v) is 8.68. The predicted molar refractivity (Wildman–Crippen MR) is 90.0 cm³/mol. The van der Waals surface area contributed by atoms with Crippen molar-refractivity contribution in [3.63, 3.8) is 0 Å². The number of carbonyl (C=O) groups excluding carboxylic acids is 1. The fourth-order valence-electron chi connectivity index (χ4n) is 2.94. The van der Waals surface area contributed by atoms with Crippen LogP contribution in [0.5, 0.6) is 0 Å². The topological polar surface area (TPSA) is 42.0 Å². The van der Waals surface area contributed by atoms with Gasteiger partial charge in [-0.2, -0.15) is 0 Å². The summed E-state index contributed by atoms with van der Waals surface area (Å²) in [5.41, 5.74) is 4.38. The summed E-state index contributed by atoms with van der Waals surface area (Å²) in [5.74, 6) is 0.0959. The van der Waals surface area contributed by atoms with Crippen LogP contribution >= 0.6 is 15.9 Å². The monoisotopic (exact) mass is 346 g/mol. The molecule has 1 aliphatic rings. The Bertz CT molecular complexity index is 669. The van der Waals surface area contributed by atoms with Gasteiger partial charge in [0.05, 0.1) is 11.2 Å². The number of amides is 1. The van der Waals surface area contributed by atoms with E-state index in [1.165, 1.54) is 18.4 Å². The predicted octanol–water partition coefficient (Wildman–Crippen LogP) is 4.23. The molecule has 0 atom stereocenters. The van der Waals surface area contributed by atoms with Gasteiger partial charge >= 0.3 is 0 Å². The number of pyridine rings is 1. The third-order valence-electron chi connectivity index (χ3n) is 3.97. The number of nitrogens with zero attached hydrogens (tertiary/aromatic N) is 1. The molecule has 0 aliphatic heterocycles. The molecule has 0 fully saturated rings. The van der Waals surface area contributed by atoms with Crippen molar-refractivity contribution in [2.75, 3.05) is 10.6 Å². The molecule has 0 unspecified atom stereocenters. The van der Waals surface area contributed by atoms with Crippen LogP contribution in [0, 0.1) is 0 Å². The van der Waals surface area contributed by atoms with E-state index in [4.69, 9.17) is 4.98 Å². The number of anilines is 1. The van der Waals surface area contributed by atoms with Gasteiger partial charge in [0.1, 0.15) is 0 Å². The second-order valence-electron chi connectivity index (χ2n) is 5.48. The summed E-state index contributed by atoms with van der Waals surface area (Å²) < 4.78 is 0. The Morgan fingerprint density at radius 2 is 2.05 bits per heavy atom. The standard InChI is InChI=1S/C17H19BrN2O/c18-11-5-10-16(21)20-17-12-6-1-3-8-14(12)19-15-9-4-2-7-13(15)17/h1,3,6,8H,2,4-5,7,9-11H2,(H,19,20,21). The Morgan fingerprint density at radius 3 is 2.90 bits per heavy atom. The van der Waals surface area contributed by atoms with Crippen molar-refractivity contribution in [1.29, 1.82) is 0 Å². The first-order valence-electron chi connectivity index (χ1n) is 7.56. The van der Waals surface area contributed by atoms with Gasteiger partial charge in [-0.3, -0.25) is 9.78 Å². The van der Waals surface area contributed by atoms with Gasteiger partial charge in [-0.15, -0.1) is 0 Å². The highest BCUT2D eigenvalue weighted by Crippen LogP contribution is 2.33. The zero-order chi connectivity index (χ0) is 14.7. The number of benzene rings is 1. The first-order chi connectivity index (χ1) is 10.3. The maximum Gasteiger partial charge on any atom is 0.224 e. The molecule has 1 amide bonds. The lowest BCUT2D eigenvalue weighted by Gasteiger charge is -2.21. The molecule has 1 heterocycles. The highest BCUT2D eigenvalue weighted by molar-refractivity contribution is 9.09. The third kappa shape index (κ3) is 3.10. The summed E-state index contributed by atoms with van der Waals surface area (Å²) in [5, 5.41) is 5.07. The molecule has 1 aliphatic carbocycles. The van der Waals surface area contributed by atoms with Crippen molar-refractivity contribution in [3.05, 3.63) is 35.5 Å². The van der Waals surface area contributed by atoms with Crippen LogP contribution in [0.4, 0.5) is 5.69 Å². The van der Waals surface area contributed by atoms with Gasteiger partial charge in [0, 0.05) is 22.8 Å². The Morgan fingerprint density at radius 1 is 1.24 bits per heavy atom. The van der Waals surface area contributed by atoms with E-state index >= 15 is 0 Å². The number of rotatable bonds is 4. The number of alkyl halides is 1. The van der Waals surface area contributed by atoms with Crippen LogP contribution in [-0.2, 0) is 17.6 Å². The smallest absolute Gasteiger partial charge is 0.224 e. The normalized spacial score (nSPS) is 14.0. The fraction of sp³-hybridized carbons (Fsp3) is 0.412. The van der Waals surface area contributed by atoms with Gasteiger partial charge < -0.3 is 5.32 Å². The van der Waals surface area contributed by atoms with Crippen LogP contribution < -0.4 is 5.32 Å². The molecule has 1 aromatic heterocycles. The Balaban J connectivity index is 2.03. The van der Waals surface area contributed by atoms with Crippen molar-refractivity contribution >= 4 is 38.4 Å². The quantitative estimate of drug-likeness (QED) is 0.841. The van der Waals surface area contributed by atoms with E-state index in [0.717, 1.165) is 46.9 Å². The molecule has 0 saturated carbocycles. The molecule has 1 N–H and O–H groups in total. The lowest BCUT2D eigenvalue weighted by Crippen LogP contribution is -2.16. The summed E-state index contributed by atoms with van der Waals surface area (Å²) in [6.45, 7) is 0. The maximum atomic E-state index is 12.1.